The maximum atomic E-state index is 12.2. The van der Waals surface area contributed by atoms with E-state index in [1.807, 2.05) is 0 Å². The van der Waals surface area contributed by atoms with E-state index in [2.05, 4.69) is 15.0 Å². The molecule has 4 atom stereocenters. The lowest BCUT2D eigenvalue weighted by molar-refractivity contribution is -0.0581. The Labute approximate surface area is 128 Å². The summed E-state index contributed by atoms with van der Waals surface area (Å²) in [5.74, 6) is -0.339. The first-order valence-corrected chi connectivity index (χ1v) is 6.71. The summed E-state index contributed by atoms with van der Waals surface area (Å²) in [6, 6.07) is 0. The Balaban J connectivity index is 2.22. The van der Waals surface area contributed by atoms with Crippen molar-refractivity contribution >= 4 is 17.0 Å². The number of aromatic nitrogens is 4. The van der Waals surface area contributed by atoms with Gasteiger partial charge in [0.05, 0.1) is 12.9 Å². The molecule has 11 nitrogen and oxygen atoms in total. The van der Waals surface area contributed by atoms with Crippen molar-refractivity contribution in [3.8, 4) is 0 Å². The number of H-pyrrole nitrogens is 1. The molecule has 0 aromatic carbocycles. The van der Waals surface area contributed by atoms with Gasteiger partial charge in [-0.1, -0.05) is 0 Å². The van der Waals surface area contributed by atoms with Gasteiger partial charge in [0.1, 0.15) is 23.8 Å². The molecule has 0 bridgehead atoms. The minimum Gasteiger partial charge on any atom is -0.394 e. The maximum Gasteiger partial charge on any atom is 0.301 e. The van der Waals surface area contributed by atoms with Crippen molar-refractivity contribution in [2.75, 3.05) is 19.5 Å². The molecule has 5 N–H and O–H groups in total. The molecular weight excluding hydrogens is 310 g/mol. The van der Waals surface area contributed by atoms with Crippen molar-refractivity contribution in [3.05, 3.63) is 27.0 Å². The first-order chi connectivity index (χ1) is 11.0. The Morgan fingerprint density at radius 1 is 1.52 bits per heavy atom. The van der Waals surface area contributed by atoms with Crippen LogP contribution in [-0.4, -0.2) is 61.8 Å². The number of anilines is 1. The SMILES string of the molecule is CO[C@@H]1[C@H](O)[C@@H](CO)O[C@H]1n1cnc2c(=O)nc(N)[nH]c(=O)c21. The normalized spacial score (nSPS) is 27.6. The van der Waals surface area contributed by atoms with Crippen LogP contribution < -0.4 is 16.9 Å². The third-order valence-electron chi connectivity index (χ3n) is 3.71. The first-order valence-electron chi connectivity index (χ1n) is 6.71. The highest BCUT2D eigenvalue weighted by atomic mass is 16.6. The topological polar surface area (TPSA) is 166 Å². The van der Waals surface area contributed by atoms with Crippen molar-refractivity contribution in [2.24, 2.45) is 0 Å². The van der Waals surface area contributed by atoms with Gasteiger partial charge in [-0.3, -0.25) is 19.1 Å². The largest absolute Gasteiger partial charge is 0.394 e. The molecule has 1 aliphatic rings. The van der Waals surface area contributed by atoms with Crippen LogP contribution in [0.1, 0.15) is 6.23 Å². The van der Waals surface area contributed by atoms with E-state index in [4.69, 9.17) is 15.2 Å². The van der Waals surface area contributed by atoms with Crippen LogP contribution in [0.5, 0.6) is 0 Å². The van der Waals surface area contributed by atoms with E-state index in [9.17, 15) is 19.8 Å². The number of aromatic amines is 1. The Hall–Kier alpha value is -2.34. The summed E-state index contributed by atoms with van der Waals surface area (Å²) in [6.45, 7) is -0.435. The highest BCUT2D eigenvalue weighted by Gasteiger charge is 2.45. The number of aliphatic hydroxyl groups is 2. The van der Waals surface area contributed by atoms with E-state index in [0.29, 0.717) is 0 Å². The lowest BCUT2D eigenvalue weighted by Crippen LogP contribution is -2.34. The van der Waals surface area contributed by atoms with Gasteiger partial charge in [-0.05, 0) is 0 Å². The summed E-state index contributed by atoms with van der Waals surface area (Å²) in [5.41, 5.74) is 3.64. The van der Waals surface area contributed by atoms with E-state index in [1.165, 1.54) is 18.0 Å². The average Bonchev–Trinajstić information content (AvgIpc) is 3.04. The maximum absolute atomic E-state index is 12.2. The molecule has 3 heterocycles. The summed E-state index contributed by atoms with van der Waals surface area (Å²) in [6.07, 6.45) is -2.62. The molecule has 23 heavy (non-hydrogen) atoms. The molecular formula is C12H15N5O6. The molecule has 1 saturated heterocycles. The number of aliphatic hydroxyl groups excluding tert-OH is 2. The van der Waals surface area contributed by atoms with E-state index < -0.39 is 42.3 Å². The highest BCUT2D eigenvalue weighted by Crippen LogP contribution is 2.32. The predicted octanol–water partition coefficient (Wildman–Crippen LogP) is -2.67. The van der Waals surface area contributed by atoms with Gasteiger partial charge in [-0.2, -0.15) is 4.98 Å². The standard InChI is InChI=1S/C12H15N5O6/c1-22-8-7(19)4(2-18)23-11(8)17-3-14-5-6(17)10(21)16-12(13)15-9(5)20/h3-4,7-8,11,18-19H,2H2,1H3,(H3,13,15,16,20,21)/t4-,7-,8-,11-/m1/s1. The van der Waals surface area contributed by atoms with E-state index in [-0.39, 0.29) is 17.0 Å². The number of nitrogen functional groups attached to an aromatic ring is 1. The molecule has 0 amide bonds. The van der Waals surface area contributed by atoms with Crippen LogP contribution in [0.3, 0.4) is 0 Å². The third kappa shape index (κ3) is 2.39. The van der Waals surface area contributed by atoms with Crippen molar-refractivity contribution in [1.82, 2.24) is 19.5 Å². The number of imidazole rings is 1. The van der Waals surface area contributed by atoms with Crippen LogP contribution in [0.4, 0.5) is 5.95 Å². The van der Waals surface area contributed by atoms with Crippen molar-refractivity contribution < 1.29 is 19.7 Å². The Kier molecular flexibility index (Phi) is 3.85. The smallest absolute Gasteiger partial charge is 0.301 e. The lowest BCUT2D eigenvalue weighted by atomic mass is 10.1. The van der Waals surface area contributed by atoms with Gasteiger partial charge in [-0.15, -0.1) is 0 Å². The van der Waals surface area contributed by atoms with Gasteiger partial charge >= 0.3 is 5.56 Å². The second-order valence-electron chi connectivity index (χ2n) is 5.04. The first kappa shape index (κ1) is 15.6. The molecule has 1 fully saturated rings. The number of fused-ring (bicyclic) bond motifs is 1. The molecule has 0 unspecified atom stereocenters. The van der Waals surface area contributed by atoms with E-state index in [0.717, 1.165) is 0 Å². The van der Waals surface area contributed by atoms with E-state index >= 15 is 0 Å². The van der Waals surface area contributed by atoms with Crippen molar-refractivity contribution in [3.63, 3.8) is 0 Å². The van der Waals surface area contributed by atoms with Crippen molar-refractivity contribution in [1.29, 1.82) is 0 Å². The van der Waals surface area contributed by atoms with Crippen LogP contribution >= 0.6 is 0 Å². The average molecular weight is 325 g/mol. The number of methoxy groups -OCH3 is 1. The molecule has 0 radical (unpaired) electrons. The van der Waals surface area contributed by atoms with Crippen LogP contribution in [0.2, 0.25) is 0 Å². The van der Waals surface area contributed by atoms with Gasteiger partial charge in [0.25, 0.3) is 5.56 Å². The minimum absolute atomic E-state index is 0.114. The number of nitrogens with zero attached hydrogens (tertiary/aromatic N) is 3. The number of rotatable bonds is 3. The number of hydrogen-bond acceptors (Lipinski definition) is 9. The summed E-state index contributed by atoms with van der Waals surface area (Å²) >= 11 is 0. The van der Waals surface area contributed by atoms with Gasteiger partial charge in [0.2, 0.25) is 5.95 Å². The summed E-state index contributed by atoms with van der Waals surface area (Å²) in [5, 5.41) is 19.3. The molecule has 2 aromatic rings. The second-order valence-corrected chi connectivity index (χ2v) is 5.04. The Morgan fingerprint density at radius 2 is 2.26 bits per heavy atom. The van der Waals surface area contributed by atoms with E-state index in [1.54, 1.807) is 0 Å². The minimum atomic E-state index is -1.11. The fourth-order valence-electron chi connectivity index (χ4n) is 2.65. The number of ether oxygens (including phenoxy) is 2. The van der Waals surface area contributed by atoms with Crippen LogP contribution in [0, 0.1) is 0 Å². The molecule has 3 rings (SSSR count). The molecule has 11 heteroatoms. The van der Waals surface area contributed by atoms with Gasteiger partial charge in [0, 0.05) is 7.11 Å². The van der Waals surface area contributed by atoms with Gasteiger partial charge in [0.15, 0.2) is 11.7 Å². The highest BCUT2D eigenvalue weighted by molar-refractivity contribution is 5.72. The van der Waals surface area contributed by atoms with Crippen molar-refractivity contribution in [2.45, 2.75) is 24.5 Å². The number of hydrogen-bond donors (Lipinski definition) is 4. The number of nitrogens with two attached hydrogens (primary N) is 1. The number of nitrogens with one attached hydrogen (secondary N) is 1. The molecule has 124 valence electrons. The summed E-state index contributed by atoms with van der Waals surface area (Å²) in [7, 11) is 1.35. The quantitative estimate of drug-likeness (QED) is 0.470. The van der Waals surface area contributed by atoms with Crippen LogP contribution in [-0.2, 0) is 9.47 Å². The molecule has 0 saturated carbocycles. The van der Waals surface area contributed by atoms with Crippen LogP contribution in [0.15, 0.2) is 15.9 Å². The van der Waals surface area contributed by atoms with Gasteiger partial charge < -0.3 is 25.4 Å². The third-order valence-corrected chi connectivity index (χ3v) is 3.71. The lowest BCUT2D eigenvalue weighted by Gasteiger charge is -2.19. The Morgan fingerprint density at radius 3 is 2.91 bits per heavy atom. The fourth-order valence-corrected chi connectivity index (χ4v) is 2.65. The fraction of sp³-hybridized carbons (Fsp3) is 0.500. The molecule has 0 spiro atoms. The Bertz CT molecular complexity index is 848. The zero-order valence-corrected chi connectivity index (χ0v) is 12.0. The molecule has 1 aliphatic heterocycles. The monoisotopic (exact) mass is 325 g/mol. The predicted molar refractivity (Wildman–Crippen MR) is 76.6 cm³/mol. The zero-order chi connectivity index (χ0) is 16.7. The molecule has 0 aliphatic carbocycles. The second kappa shape index (κ2) is 5.70. The van der Waals surface area contributed by atoms with Gasteiger partial charge in [-0.25, -0.2) is 4.98 Å². The zero-order valence-electron chi connectivity index (χ0n) is 12.0. The molecule has 2 aromatic heterocycles. The summed E-state index contributed by atoms with van der Waals surface area (Å²) < 4.78 is 12.0. The van der Waals surface area contributed by atoms with Crippen LogP contribution in [0.25, 0.3) is 11.0 Å². The summed E-state index contributed by atoms with van der Waals surface area (Å²) in [4.78, 5) is 33.8.